The van der Waals surface area contributed by atoms with Crippen LogP contribution < -0.4 is 10.2 Å². The number of halogens is 1. The van der Waals surface area contributed by atoms with E-state index >= 15 is 0 Å². The molecule has 1 unspecified atom stereocenters. The number of alkyl halides is 1. The van der Waals surface area contributed by atoms with Crippen molar-refractivity contribution < 1.29 is 13.9 Å². The molecule has 4 heterocycles. The van der Waals surface area contributed by atoms with Crippen LogP contribution in [0.4, 0.5) is 10.2 Å². The SMILES string of the molecule is Cc1nc2cc(O)c(-c3ccc4nc(N5CCC(N[C@H]6C[C@@H](F)C6)C5)ccc4n3)cc2o1. The smallest absolute Gasteiger partial charge is 0.192 e. The quantitative estimate of drug-likeness (QED) is 0.501. The number of hydrogen-bond acceptors (Lipinski definition) is 7. The summed E-state index contributed by atoms with van der Waals surface area (Å²) >= 11 is 0. The van der Waals surface area contributed by atoms with Gasteiger partial charge in [-0.05, 0) is 49.6 Å². The minimum atomic E-state index is -0.631. The summed E-state index contributed by atoms with van der Waals surface area (Å²) < 4.78 is 18.7. The van der Waals surface area contributed by atoms with Crippen LogP contribution >= 0.6 is 0 Å². The fraction of sp³-hybridized carbons (Fsp3) is 0.375. The molecular weight excluding hydrogens is 409 g/mol. The Morgan fingerprint density at radius 2 is 1.84 bits per heavy atom. The van der Waals surface area contributed by atoms with Gasteiger partial charge in [0.25, 0.3) is 0 Å². The first kappa shape index (κ1) is 19.4. The minimum absolute atomic E-state index is 0.114. The molecule has 2 aliphatic rings. The molecule has 1 saturated heterocycles. The molecule has 2 N–H and O–H groups in total. The Hall–Kier alpha value is -3.26. The molecule has 1 aromatic carbocycles. The first-order chi connectivity index (χ1) is 15.5. The van der Waals surface area contributed by atoms with Gasteiger partial charge in [0.1, 0.15) is 23.3 Å². The number of fused-ring (bicyclic) bond motifs is 2. The predicted molar refractivity (Wildman–Crippen MR) is 121 cm³/mol. The van der Waals surface area contributed by atoms with Crippen molar-refractivity contribution in [2.75, 3.05) is 18.0 Å². The number of hydrogen-bond donors (Lipinski definition) is 2. The van der Waals surface area contributed by atoms with E-state index in [4.69, 9.17) is 14.4 Å². The minimum Gasteiger partial charge on any atom is -0.507 e. The summed E-state index contributed by atoms with van der Waals surface area (Å²) in [6, 6.07) is 11.8. The van der Waals surface area contributed by atoms with Gasteiger partial charge in [-0.3, -0.25) is 0 Å². The lowest BCUT2D eigenvalue weighted by Crippen LogP contribution is -2.48. The molecule has 1 aliphatic heterocycles. The van der Waals surface area contributed by atoms with Gasteiger partial charge in [0.15, 0.2) is 11.5 Å². The zero-order valence-electron chi connectivity index (χ0n) is 17.8. The van der Waals surface area contributed by atoms with Crippen LogP contribution in [0.3, 0.4) is 0 Å². The van der Waals surface area contributed by atoms with Crippen molar-refractivity contribution in [2.24, 2.45) is 0 Å². The van der Waals surface area contributed by atoms with E-state index in [9.17, 15) is 9.50 Å². The Kier molecular flexibility index (Phi) is 4.50. The van der Waals surface area contributed by atoms with E-state index in [1.165, 1.54) is 0 Å². The third-order valence-electron chi connectivity index (χ3n) is 6.48. The highest BCUT2D eigenvalue weighted by Gasteiger charge is 2.33. The average molecular weight is 433 g/mol. The van der Waals surface area contributed by atoms with Gasteiger partial charge >= 0.3 is 0 Å². The number of phenolic OH excluding ortho intramolecular Hbond substituents is 1. The van der Waals surface area contributed by atoms with Gasteiger partial charge in [0.05, 0.1) is 16.7 Å². The van der Waals surface area contributed by atoms with Gasteiger partial charge in [0.2, 0.25) is 0 Å². The number of nitrogens with zero attached hydrogens (tertiary/aromatic N) is 4. The highest BCUT2D eigenvalue weighted by Crippen LogP contribution is 2.34. The van der Waals surface area contributed by atoms with E-state index in [-0.39, 0.29) is 5.75 Å². The molecule has 164 valence electrons. The zero-order valence-corrected chi connectivity index (χ0v) is 17.8. The van der Waals surface area contributed by atoms with Crippen LogP contribution in [-0.2, 0) is 0 Å². The van der Waals surface area contributed by atoms with Crippen molar-refractivity contribution >= 4 is 28.0 Å². The number of pyridine rings is 2. The molecule has 1 saturated carbocycles. The van der Waals surface area contributed by atoms with Gasteiger partial charge in [0, 0.05) is 43.7 Å². The van der Waals surface area contributed by atoms with E-state index < -0.39 is 6.17 Å². The summed E-state index contributed by atoms with van der Waals surface area (Å²) in [5.41, 5.74) is 4.05. The predicted octanol–water partition coefficient (Wildman–Crippen LogP) is 4.12. The second kappa shape index (κ2) is 7.41. The monoisotopic (exact) mass is 433 g/mol. The first-order valence-electron chi connectivity index (χ1n) is 11.1. The average Bonchev–Trinajstić information content (AvgIpc) is 3.36. The van der Waals surface area contributed by atoms with Crippen LogP contribution in [0.15, 0.2) is 40.8 Å². The van der Waals surface area contributed by atoms with Crippen LogP contribution in [0.5, 0.6) is 5.75 Å². The molecule has 0 spiro atoms. The van der Waals surface area contributed by atoms with E-state index in [0.717, 1.165) is 36.4 Å². The molecule has 6 rings (SSSR count). The highest BCUT2D eigenvalue weighted by molar-refractivity contribution is 5.86. The molecule has 8 heteroatoms. The zero-order chi connectivity index (χ0) is 21.8. The molecule has 1 atom stereocenters. The maximum atomic E-state index is 13.1. The Morgan fingerprint density at radius 3 is 2.69 bits per heavy atom. The van der Waals surface area contributed by atoms with E-state index in [0.29, 0.717) is 53.2 Å². The number of benzene rings is 1. The van der Waals surface area contributed by atoms with E-state index in [2.05, 4.69) is 15.2 Å². The lowest BCUT2D eigenvalue weighted by Gasteiger charge is -2.33. The first-order valence-corrected chi connectivity index (χ1v) is 11.1. The Bertz CT molecular complexity index is 1320. The number of oxazole rings is 1. The second-order valence-corrected chi connectivity index (χ2v) is 8.84. The van der Waals surface area contributed by atoms with Gasteiger partial charge in [-0.1, -0.05) is 0 Å². The summed E-state index contributed by atoms with van der Waals surface area (Å²) in [7, 11) is 0. The molecule has 0 amide bonds. The molecule has 2 fully saturated rings. The summed E-state index contributed by atoms with van der Waals surface area (Å²) in [6.07, 6.45) is 1.68. The van der Waals surface area contributed by atoms with Gasteiger partial charge < -0.3 is 19.7 Å². The summed E-state index contributed by atoms with van der Waals surface area (Å²) in [6.45, 7) is 3.58. The maximum Gasteiger partial charge on any atom is 0.192 e. The normalized spacial score (nSPS) is 23.2. The van der Waals surface area contributed by atoms with Crippen LogP contribution in [0.25, 0.3) is 33.4 Å². The molecule has 3 aromatic heterocycles. The second-order valence-electron chi connectivity index (χ2n) is 8.84. The number of anilines is 1. The van der Waals surface area contributed by atoms with Crippen LogP contribution in [0.2, 0.25) is 0 Å². The third kappa shape index (κ3) is 3.44. The lowest BCUT2D eigenvalue weighted by molar-refractivity contribution is 0.148. The van der Waals surface area contributed by atoms with Crippen molar-refractivity contribution in [3.63, 3.8) is 0 Å². The van der Waals surface area contributed by atoms with Crippen molar-refractivity contribution in [3.05, 3.63) is 42.3 Å². The summed E-state index contributed by atoms with van der Waals surface area (Å²) in [5.74, 6) is 1.59. The molecule has 0 bridgehead atoms. The Balaban J connectivity index is 1.24. The number of aromatic hydroxyl groups is 1. The molecule has 32 heavy (non-hydrogen) atoms. The van der Waals surface area contributed by atoms with E-state index in [1.807, 2.05) is 24.3 Å². The topological polar surface area (TPSA) is 87.3 Å². The fourth-order valence-electron chi connectivity index (χ4n) is 4.73. The van der Waals surface area contributed by atoms with Crippen molar-refractivity contribution in [1.82, 2.24) is 20.3 Å². The molecule has 4 aromatic rings. The molecule has 1 aliphatic carbocycles. The largest absolute Gasteiger partial charge is 0.507 e. The number of phenols is 1. The number of nitrogens with one attached hydrogen (secondary N) is 1. The standard InChI is InChI=1S/C24H24FN5O2/c1-13-26-21-11-22(31)17(10-23(21)32-13)18-2-3-20-19(28-18)4-5-24(29-20)30-7-6-15(12-30)27-16-8-14(25)9-16/h2-5,10-11,14-16,27,31H,6-9,12H2,1H3/t14-,15?,16+. The number of aryl methyl sites for hydroxylation is 1. The molecule has 0 radical (unpaired) electrons. The van der Waals surface area contributed by atoms with Crippen molar-refractivity contribution in [1.29, 1.82) is 0 Å². The van der Waals surface area contributed by atoms with Crippen LogP contribution in [-0.4, -0.2) is 51.4 Å². The maximum absolute atomic E-state index is 13.1. The summed E-state index contributed by atoms with van der Waals surface area (Å²) in [5, 5.41) is 14.1. The fourth-order valence-corrected chi connectivity index (χ4v) is 4.73. The number of aromatic nitrogens is 3. The van der Waals surface area contributed by atoms with Gasteiger partial charge in [-0.15, -0.1) is 0 Å². The Morgan fingerprint density at radius 1 is 1.03 bits per heavy atom. The summed E-state index contributed by atoms with van der Waals surface area (Å²) in [4.78, 5) is 16.1. The van der Waals surface area contributed by atoms with Crippen LogP contribution in [0.1, 0.15) is 25.2 Å². The van der Waals surface area contributed by atoms with Crippen molar-refractivity contribution in [3.8, 4) is 17.0 Å². The van der Waals surface area contributed by atoms with E-state index in [1.54, 1.807) is 19.1 Å². The molecule has 7 nitrogen and oxygen atoms in total. The number of rotatable bonds is 4. The van der Waals surface area contributed by atoms with Crippen molar-refractivity contribution in [2.45, 2.75) is 44.4 Å². The highest BCUT2D eigenvalue weighted by atomic mass is 19.1. The van der Waals surface area contributed by atoms with Gasteiger partial charge in [-0.2, -0.15) is 0 Å². The van der Waals surface area contributed by atoms with Gasteiger partial charge in [-0.25, -0.2) is 19.3 Å². The third-order valence-corrected chi connectivity index (χ3v) is 6.48. The van der Waals surface area contributed by atoms with Crippen LogP contribution in [0, 0.1) is 6.92 Å². The molecular formula is C24H24FN5O2. The lowest BCUT2D eigenvalue weighted by atomic mass is 9.90. The Labute approximate surface area is 184 Å².